The lowest BCUT2D eigenvalue weighted by Crippen LogP contribution is -2.24. The fourth-order valence-electron chi connectivity index (χ4n) is 1.01. The Balaban J connectivity index is 2.43. The highest BCUT2D eigenvalue weighted by molar-refractivity contribution is 6.02. The predicted molar refractivity (Wildman–Crippen MR) is 43.0 cm³/mol. The van der Waals surface area contributed by atoms with Crippen LogP contribution >= 0.6 is 0 Å². The number of aliphatic hydroxyl groups is 1. The van der Waals surface area contributed by atoms with Crippen molar-refractivity contribution in [3.63, 3.8) is 0 Å². The Morgan fingerprint density at radius 3 is 3.17 bits per heavy atom. The van der Waals surface area contributed by atoms with E-state index < -0.39 is 12.1 Å². The Morgan fingerprint density at radius 2 is 2.33 bits per heavy atom. The Kier molecular flexibility index (Phi) is 1.44. The number of hydrogen-bond donors (Lipinski definition) is 3. The van der Waals surface area contributed by atoms with Gasteiger partial charge >= 0.3 is 0 Å². The molecule has 62 valence electrons. The van der Waals surface area contributed by atoms with Crippen LogP contribution in [0.15, 0.2) is 17.4 Å². The van der Waals surface area contributed by atoms with Crippen LogP contribution in [-0.4, -0.2) is 28.4 Å². The first-order chi connectivity index (χ1) is 5.77. The quantitative estimate of drug-likeness (QED) is 0.493. The molecule has 3 N–H and O–H groups in total. The van der Waals surface area contributed by atoms with Crippen LogP contribution in [0.2, 0.25) is 0 Å². The average molecular weight is 165 g/mol. The number of hydrogen-bond acceptors (Lipinski definition) is 3. The Bertz CT molecular complexity index is 342. The van der Waals surface area contributed by atoms with Crippen LogP contribution in [0, 0.1) is 0 Å². The van der Waals surface area contributed by atoms with E-state index >= 15 is 0 Å². The number of aromatic amines is 1. The van der Waals surface area contributed by atoms with Gasteiger partial charge in [-0.05, 0) is 0 Å². The number of anilines is 1. The first kappa shape index (κ1) is 7.05. The summed E-state index contributed by atoms with van der Waals surface area (Å²) in [5.74, 6) is -0.510. The van der Waals surface area contributed by atoms with Gasteiger partial charge in [0.1, 0.15) is 0 Å². The van der Waals surface area contributed by atoms with Gasteiger partial charge < -0.3 is 15.4 Å². The van der Waals surface area contributed by atoms with Gasteiger partial charge in [0.15, 0.2) is 0 Å². The molecule has 0 bridgehead atoms. The smallest absolute Gasteiger partial charge is 0.276 e. The Morgan fingerprint density at radius 1 is 1.50 bits per heavy atom. The number of aromatic nitrogens is 1. The third-order valence-corrected chi connectivity index (χ3v) is 1.62. The van der Waals surface area contributed by atoms with E-state index in [4.69, 9.17) is 5.11 Å². The second kappa shape index (κ2) is 2.46. The van der Waals surface area contributed by atoms with Gasteiger partial charge in [0.05, 0.1) is 5.69 Å². The van der Waals surface area contributed by atoms with E-state index in [0.717, 1.165) is 5.56 Å². The predicted octanol–water partition coefficient (Wildman–Crippen LogP) is -0.296. The highest BCUT2D eigenvalue weighted by Gasteiger charge is 2.17. The number of fused-ring (bicyclic) bond motifs is 1. The fraction of sp³-hybridized carbons (Fsp3) is 0.143. The molecule has 5 nitrogen and oxygen atoms in total. The summed E-state index contributed by atoms with van der Waals surface area (Å²) in [6.07, 6.45) is 3.49. The van der Waals surface area contributed by atoms with Gasteiger partial charge in [0.2, 0.25) is 6.23 Å². The SMILES string of the molecule is O=C1Nc2c[nH]cc2C=NC1O. The first-order valence-corrected chi connectivity index (χ1v) is 3.46. The Hall–Kier alpha value is -1.62. The molecule has 2 rings (SSSR count). The van der Waals surface area contributed by atoms with Crippen LogP contribution in [0.1, 0.15) is 5.56 Å². The molecule has 0 radical (unpaired) electrons. The molecule has 1 aliphatic rings. The largest absolute Gasteiger partial charge is 0.365 e. The Labute approximate surface area is 68.1 Å². The highest BCUT2D eigenvalue weighted by Crippen LogP contribution is 2.14. The van der Waals surface area contributed by atoms with Crippen LogP contribution in [-0.2, 0) is 4.79 Å². The van der Waals surface area contributed by atoms with Crippen LogP contribution in [0.5, 0.6) is 0 Å². The molecule has 1 aliphatic heterocycles. The maximum Gasteiger partial charge on any atom is 0.276 e. The molecule has 1 atom stereocenters. The minimum absolute atomic E-state index is 0.510. The number of aliphatic imine (C=N–C) groups is 1. The van der Waals surface area contributed by atoms with Crippen molar-refractivity contribution in [2.24, 2.45) is 4.99 Å². The molecule has 1 unspecified atom stereocenters. The summed E-state index contributed by atoms with van der Waals surface area (Å²) in [5.41, 5.74) is 1.40. The molecule has 0 aromatic carbocycles. The van der Waals surface area contributed by atoms with E-state index in [1.807, 2.05) is 0 Å². The van der Waals surface area contributed by atoms with E-state index in [2.05, 4.69) is 15.3 Å². The second-order valence-corrected chi connectivity index (χ2v) is 2.47. The maximum atomic E-state index is 11.0. The van der Waals surface area contributed by atoms with Crippen molar-refractivity contribution < 1.29 is 9.90 Å². The lowest BCUT2D eigenvalue weighted by atomic mass is 10.3. The van der Waals surface area contributed by atoms with E-state index in [0.29, 0.717) is 5.69 Å². The zero-order chi connectivity index (χ0) is 8.55. The summed E-state index contributed by atoms with van der Waals surface area (Å²) in [6, 6.07) is 0. The molecule has 0 spiro atoms. The summed E-state index contributed by atoms with van der Waals surface area (Å²) in [7, 11) is 0. The number of nitrogens with one attached hydrogen (secondary N) is 2. The lowest BCUT2D eigenvalue weighted by molar-refractivity contribution is -0.123. The van der Waals surface area contributed by atoms with Gasteiger partial charge in [-0.3, -0.25) is 9.79 Å². The number of aliphatic hydroxyl groups excluding tert-OH is 1. The minimum atomic E-state index is -1.29. The molecule has 1 amide bonds. The minimum Gasteiger partial charge on any atom is -0.365 e. The summed E-state index contributed by atoms with van der Waals surface area (Å²) in [5, 5.41) is 11.5. The molecule has 5 heteroatoms. The molecular formula is C7H7N3O2. The molecule has 1 aromatic rings. The highest BCUT2D eigenvalue weighted by atomic mass is 16.3. The van der Waals surface area contributed by atoms with E-state index in [9.17, 15) is 4.79 Å². The van der Waals surface area contributed by atoms with Crippen molar-refractivity contribution >= 4 is 17.8 Å². The van der Waals surface area contributed by atoms with Gasteiger partial charge in [-0.25, -0.2) is 0 Å². The molecule has 0 fully saturated rings. The third-order valence-electron chi connectivity index (χ3n) is 1.62. The summed E-state index contributed by atoms with van der Waals surface area (Å²) in [4.78, 5) is 17.4. The molecule has 0 saturated carbocycles. The van der Waals surface area contributed by atoms with E-state index in [-0.39, 0.29) is 0 Å². The maximum absolute atomic E-state index is 11.0. The number of H-pyrrole nitrogens is 1. The van der Waals surface area contributed by atoms with Crippen LogP contribution in [0.25, 0.3) is 0 Å². The number of rotatable bonds is 0. The number of carbonyl (C=O) groups excluding carboxylic acids is 1. The lowest BCUT2D eigenvalue weighted by Gasteiger charge is -2.01. The van der Waals surface area contributed by atoms with Crippen molar-refractivity contribution in [1.29, 1.82) is 0 Å². The standard InChI is InChI=1S/C7H7N3O2/c11-6-7(12)10-5-3-8-1-4(5)2-9-6/h1-3,6,8,11H,(H,10,12). The van der Waals surface area contributed by atoms with Crippen molar-refractivity contribution in [1.82, 2.24) is 4.98 Å². The molecular weight excluding hydrogens is 158 g/mol. The van der Waals surface area contributed by atoms with Crippen LogP contribution < -0.4 is 5.32 Å². The molecule has 2 heterocycles. The van der Waals surface area contributed by atoms with Crippen molar-refractivity contribution in [3.05, 3.63) is 18.0 Å². The van der Waals surface area contributed by atoms with E-state index in [1.54, 1.807) is 12.4 Å². The average Bonchev–Trinajstić information content (AvgIpc) is 2.43. The van der Waals surface area contributed by atoms with Gasteiger partial charge in [-0.2, -0.15) is 0 Å². The van der Waals surface area contributed by atoms with E-state index in [1.165, 1.54) is 6.21 Å². The third kappa shape index (κ3) is 0.998. The van der Waals surface area contributed by atoms with Crippen molar-refractivity contribution in [2.45, 2.75) is 6.23 Å². The van der Waals surface area contributed by atoms with Crippen molar-refractivity contribution in [2.75, 3.05) is 5.32 Å². The monoisotopic (exact) mass is 165 g/mol. The van der Waals surface area contributed by atoms with Gasteiger partial charge in [0.25, 0.3) is 5.91 Å². The zero-order valence-electron chi connectivity index (χ0n) is 6.11. The molecule has 0 aliphatic carbocycles. The normalized spacial score (nSPS) is 21.4. The van der Waals surface area contributed by atoms with Gasteiger partial charge in [-0.15, -0.1) is 0 Å². The number of nitrogens with zero attached hydrogens (tertiary/aromatic N) is 1. The van der Waals surface area contributed by atoms with Gasteiger partial charge in [0, 0.05) is 24.2 Å². The summed E-state index contributed by atoms with van der Waals surface area (Å²) < 4.78 is 0. The van der Waals surface area contributed by atoms with Crippen molar-refractivity contribution in [3.8, 4) is 0 Å². The number of carbonyl (C=O) groups is 1. The fourth-order valence-corrected chi connectivity index (χ4v) is 1.01. The first-order valence-electron chi connectivity index (χ1n) is 3.46. The van der Waals surface area contributed by atoms with Crippen LogP contribution in [0.3, 0.4) is 0 Å². The molecule has 1 aromatic heterocycles. The summed E-state index contributed by atoms with van der Waals surface area (Å²) in [6.45, 7) is 0. The summed E-state index contributed by atoms with van der Waals surface area (Å²) >= 11 is 0. The molecule has 0 saturated heterocycles. The number of amides is 1. The topological polar surface area (TPSA) is 77.5 Å². The second-order valence-electron chi connectivity index (χ2n) is 2.47. The van der Waals surface area contributed by atoms with Crippen LogP contribution in [0.4, 0.5) is 5.69 Å². The van der Waals surface area contributed by atoms with Gasteiger partial charge in [-0.1, -0.05) is 0 Å². The zero-order valence-corrected chi connectivity index (χ0v) is 6.11. The molecule has 12 heavy (non-hydrogen) atoms.